The Balaban J connectivity index is 3.32. The van der Waals surface area contributed by atoms with Crippen molar-refractivity contribution in [3.8, 4) is 0 Å². The van der Waals surface area contributed by atoms with Crippen LogP contribution in [-0.4, -0.2) is 5.11 Å². The van der Waals surface area contributed by atoms with Gasteiger partial charge in [0, 0.05) is 5.56 Å². The molecule has 84 valence electrons. The van der Waals surface area contributed by atoms with Gasteiger partial charge in [0.1, 0.15) is 0 Å². The Morgan fingerprint density at radius 3 is 2.00 bits per heavy atom. The number of halogens is 4. The second-order valence-electron chi connectivity index (χ2n) is 3.58. The Labute approximate surface area is 84.3 Å². The molecule has 0 aliphatic rings. The summed E-state index contributed by atoms with van der Waals surface area (Å²) < 4.78 is 51.2. The van der Waals surface area contributed by atoms with Crippen LogP contribution < -0.4 is 0 Å². The highest BCUT2D eigenvalue weighted by molar-refractivity contribution is 5.24. The summed E-state index contributed by atoms with van der Waals surface area (Å²) in [5.41, 5.74) is -0.568. The average molecular weight is 222 g/mol. The zero-order valence-corrected chi connectivity index (χ0v) is 8.19. The van der Waals surface area contributed by atoms with E-state index < -0.39 is 40.9 Å². The van der Waals surface area contributed by atoms with Crippen molar-refractivity contribution in [1.29, 1.82) is 0 Å². The minimum atomic E-state index is -1.90. The molecule has 0 amide bonds. The summed E-state index contributed by atoms with van der Waals surface area (Å²) in [7, 11) is 0. The molecule has 5 heteroatoms. The van der Waals surface area contributed by atoms with Gasteiger partial charge in [-0.1, -0.05) is 13.8 Å². The van der Waals surface area contributed by atoms with E-state index in [0.717, 1.165) is 0 Å². The van der Waals surface area contributed by atoms with Gasteiger partial charge in [-0.05, 0) is 12.0 Å². The van der Waals surface area contributed by atoms with E-state index in [2.05, 4.69) is 0 Å². The zero-order valence-electron chi connectivity index (χ0n) is 8.19. The number of aliphatic hydroxyl groups is 1. The second-order valence-corrected chi connectivity index (χ2v) is 3.58. The molecule has 0 aromatic heterocycles. The molecule has 0 fully saturated rings. The summed E-state index contributed by atoms with van der Waals surface area (Å²) in [6, 6.07) is 0.471. The summed E-state index contributed by atoms with van der Waals surface area (Å²) in [5, 5.41) is 9.42. The lowest BCUT2D eigenvalue weighted by molar-refractivity contribution is 0.121. The summed E-state index contributed by atoms with van der Waals surface area (Å²) in [6.45, 7) is 3.09. The Kier molecular flexibility index (Phi) is 3.34. The molecule has 1 nitrogen and oxygen atoms in total. The number of aliphatic hydroxyl groups excluding tert-OH is 1. The topological polar surface area (TPSA) is 20.2 Å². The lowest BCUT2D eigenvalue weighted by Gasteiger charge is -2.16. The minimum Gasteiger partial charge on any atom is -0.388 e. The fourth-order valence-corrected chi connectivity index (χ4v) is 1.17. The molecule has 1 N–H and O–H groups in total. The van der Waals surface area contributed by atoms with E-state index in [0.29, 0.717) is 6.07 Å². The van der Waals surface area contributed by atoms with E-state index in [9.17, 15) is 22.7 Å². The van der Waals surface area contributed by atoms with Crippen molar-refractivity contribution >= 4 is 0 Å². The predicted molar refractivity (Wildman–Crippen MR) is 46.1 cm³/mol. The SMILES string of the molecule is CC(C)C(O)c1cc(F)c(F)c(F)c1F. The smallest absolute Gasteiger partial charge is 0.197 e. The van der Waals surface area contributed by atoms with Crippen LogP contribution in [0.4, 0.5) is 17.6 Å². The van der Waals surface area contributed by atoms with Crippen molar-refractivity contribution in [3.63, 3.8) is 0 Å². The Hall–Kier alpha value is -1.10. The maximum absolute atomic E-state index is 13.1. The standard InChI is InChI=1S/C10H10F4O/c1-4(2)10(15)5-3-6(11)8(13)9(14)7(5)12/h3-4,10,15H,1-2H3. The molecule has 0 saturated carbocycles. The van der Waals surface area contributed by atoms with E-state index >= 15 is 0 Å². The van der Waals surface area contributed by atoms with Gasteiger partial charge in [-0.2, -0.15) is 0 Å². The average Bonchev–Trinajstić information content (AvgIpc) is 2.19. The predicted octanol–water partition coefficient (Wildman–Crippen LogP) is 2.93. The van der Waals surface area contributed by atoms with E-state index in [1.807, 2.05) is 0 Å². The first-order valence-electron chi connectivity index (χ1n) is 4.37. The largest absolute Gasteiger partial charge is 0.388 e. The lowest BCUT2D eigenvalue weighted by Crippen LogP contribution is -2.11. The highest BCUT2D eigenvalue weighted by Gasteiger charge is 2.24. The van der Waals surface area contributed by atoms with Crippen molar-refractivity contribution in [1.82, 2.24) is 0 Å². The number of hydrogen-bond donors (Lipinski definition) is 1. The van der Waals surface area contributed by atoms with Gasteiger partial charge in [0.2, 0.25) is 0 Å². The van der Waals surface area contributed by atoms with Crippen molar-refractivity contribution < 1.29 is 22.7 Å². The fourth-order valence-electron chi connectivity index (χ4n) is 1.17. The molecular formula is C10H10F4O. The van der Waals surface area contributed by atoms with Crippen LogP contribution in [0.15, 0.2) is 6.07 Å². The molecule has 1 aromatic rings. The van der Waals surface area contributed by atoms with Gasteiger partial charge in [-0.15, -0.1) is 0 Å². The van der Waals surface area contributed by atoms with Crippen LogP contribution in [0.2, 0.25) is 0 Å². The number of rotatable bonds is 2. The van der Waals surface area contributed by atoms with Gasteiger partial charge in [0.25, 0.3) is 0 Å². The Bertz CT molecular complexity index is 376. The molecule has 0 bridgehead atoms. The molecule has 0 aliphatic carbocycles. The maximum Gasteiger partial charge on any atom is 0.197 e. The molecule has 1 atom stereocenters. The molecular weight excluding hydrogens is 212 g/mol. The molecule has 1 unspecified atom stereocenters. The molecule has 1 aromatic carbocycles. The van der Waals surface area contributed by atoms with Crippen LogP contribution >= 0.6 is 0 Å². The number of hydrogen-bond acceptors (Lipinski definition) is 1. The van der Waals surface area contributed by atoms with E-state index in [-0.39, 0.29) is 0 Å². The van der Waals surface area contributed by atoms with Crippen LogP contribution in [0, 0.1) is 29.2 Å². The van der Waals surface area contributed by atoms with Gasteiger partial charge >= 0.3 is 0 Å². The first kappa shape index (κ1) is 12.0. The van der Waals surface area contributed by atoms with Gasteiger partial charge < -0.3 is 5.11 Å². The third-order valence-electron chi connectivity index (χ3n) is 2.08. The van der Waals surface area contributed by atoms with Gasteiger partial charge in [-0.25, -0.2) is 17.6 Å². The second kappa shape index (κ2) is 4.18. The lowest BCUT2D eigenvalue weighted by atomic mass is 9.98. The van der Waals surface area contributed by atoms with Gasteiger partial charge in [-0.3, -0.25) is 0 Å². The monoisotopic (exact) mass is 222 g/mol. The van der Waals surface area contributed by atoms with Crippen molar-refractivity contribution in [2.75, 3.05) is 0 Å². The van der Waals surface area contributed by atoms with Crippen molar-refractivity contribution in [3.05, 3.63) is 34.9 Å². The summed E-state index contributed by atoms with van der Waals surface area (Å²) in [4.78, 5) is 0. The number of benzene rings is 1. The normalized spacial score (nSPS) is 13.3. The van der Waals surface area contributed by atoms with Crippen molar-refractivity contribution in [2.45, 2.75) is 20.0 Å². The minimum absolute atomic E-state index is 0.427. The van der Waals surface area contributed by atoms with E-state index in [4.69, 9.17) is 0 Å². The highest BCUT2D eigenvalue weighted by atomic mass is 19.2. The quantitative estimate of drug-likeness (QED) is 0.463. The summed E-state index contributed by atoms with van der Waals surface area (Å²) in [6.07, 6.45) is -1.37. The summed E-state index contributed by atoms with van der Waals surface area (Å²) >= 11 is 0. The molecule has 0 radical (unpaired) electrons. The molecule has 0 saturated heterocycles. The first-order valence-corrected chi connectivity index (χ1v) is 4.37. The summed E-state index contributed by atoms with van der Waals surface area (Å²) in [5.74, 6) is -7.25. The third-order valence-corrected chi connectivity index (χ3v) is 2.08. The molecule has 15 heavy (non-hydrogen) atoms. The van der Waals surface area contributed by atoms with E-state index in [1.165, 1.54) is 0 Å². The first-order chi connectivity index (χ1) is 6.86. The van der Waals surface area contributed by atoms with Gasteiger partial charge in [0.15, 0.2) is 23.3 Å². The Morgan fingerprint density at radius 1 is 1.00 bits per heavy atom. The van der Waals surface area contributed by atoms with Crippen LogP contribution in [0.1, 0.15) is 25.5 Å². The molecule has 0 heterocycles. The van der Waals surface area contributed by atoms with Crippen LogP contribution in [0.5, 0.6) is 0 Å². The zero-order chi connectivity index (χ0) is 11.7. The highest BCUT2D eigenvalue weighted by Crippen LogP contribution is 2.27. The van der Waals surface area contributed by atoms with Crippen LogP contribution in [0.25, 0.3) is 0 Å². The fraction of sp³-hybridized carbons (Fsp3) is 0.400. The Morgan fingerprint density at radius 2 is 1.53 bits per heavy atom. The van der Waals surface area contributed by atoms with Gasteiger partial charge in [0.05, 0.1) is 6.10 Å². The third kappa shape index (κ3) is 2.12. The molecule has 1 rings (SSSR count). The van der Waals surface area contributed by atoms with E-state index in [1.54, 1.807) is 13.8 Å². The molecule has 0 spiro atoms. The van der Waals surface area contributed by atoms with Crippen LogP contribution in [-0.2, 0) is 0 Å². The van der Waals surface area contributed by atoms with Crippen LogP contribution in [0.3, 0.4) is 0 Å². The van der Waals surface area contributed by atoms with Crippen molar-refractivity contribution in [2.24, 2.45) is 5.92 Å². The maximum atomic E-state index is 13.1. The molecule has 0 aliphatic heterocycles.